The van der Waals surface area contributed by atoms with E-state index in [1.165, 1.54) is 12.3 Å². The van der Waals surface area contributed by atoms with Crippen LogP contribution in [0.4, 0.5) is 4.39 Å². The van der Waals surface area contributed by atoms with Gasteiger partial charge in [-0.05, 0) is 42.4 Å². The van der Waals surface area contributed by atoms with Crippen LogP contribution in [0.15, 0.2) is 41.1 Å². The van der Waals surface area contributed by atoms with Crippen molar-refractivity contribution in [1.29, 1.82) is 0 Å². The number of nitrogens with one attached hydrogen (secondary N) is 1. The molecule has 0 bridgehead atoms. The van der Waals surface area contributed by atoms with Gasteiger partial charge in [0.2, 0.25) is 0 Å². The van der Waals surface area contributed by atoms with E-state index in [-0.39, 0.29) is 11.9 Å². The van der Waals surface area contributed by atoms with E-state index in [4.69, 9.17) is 11.6 Å². The first-order valence-electron chi connectivity index (χ1n) is 5.34. The molecule has 1 aromatic heterocycles. The number of pyridine rings is 1. The lowest BCUT2D eigenvalue weighted by atomic mass is 10.0. The molecule has 1 aromatic carbocycles. The van der Waals surface area contributed by atoms with Crippen molar-refractivity contribution in [2.75, 3.05) is 7.05 Å². The quantitative estimate of drug-likeness (QED) is 0.922. The van der Waals surface area contributed by atoms with Gasteiger partial charge < -0.3 is 5.32 Å². The van der Waals surface area contributed by atoms with Crippen LogP contribution in [0.25, 0.3) is 0 Å². The second kappa shape index (κ2) is 5.78. The summed E-state index contributed by atoms with van der Waals surface area (Å²) in [6.07, 6.45) is 2.82. The molecule has 94 valence electrons. The zero-order valence-corrected chi connectivity index (χ0v) is 12.0. The van der Waals surface area contributed by atoms with Crippen molar-refractivity contribution in [3.05, 3.63) is 63.1 Å². The molecule has 0 aliphatic carbocycles. The van der Waals surface area contributed by atoms with E-state index in [2.05, 4.69) is 26.2 Å². The van der Waals surface area contributed by atoms with Crippen molar-refractivity contribution in [3.63, 3.8) is 0 Å². The monoisotopic (exact) mass is 328 g/mol. The summed E-state index contributed by atoms with van der Waals surface area (Å²) >= 11 is 9.47. The minimum absolute atomic E-state index is 0.165. The summed E-state index contributed by atoms with van der Waals surface area (Å²) in [7, 11) is 1.81. The first-order valence-corrected chi connectivity index (χ1v) is 6.51. The Balaban J connectivity index is 2.48. The fraction of sp³-hybridized carbons (Fsp3) is 0.154. The second-order valence-corrected chi connectivity index (χ2v) is 5.11. The molecule has 18 heavy (non-hydrogen) atoms. The highest BCUT2D eigenvalue weighted by molar-refractivity contribution is 9.10. The summed E-state index contributed by atoms with van der Waals surface area (Å²) in [6.45, 7) is 0. The van der Waals surface area contributed by atoms with E-state index >= 15 is 0 Å². The maximum atomic E-state index is 13.2. The van der Waals surface area contributed by atoms with Crippen molar-refractivity contribution < 1.29 is 4.39 Å². The molecule has 1 unspecified atom stereocenters. The number of hydrogen-bond acceptors (Lipinski definition) is 2. The minimum Gasteiger partial charge on any atom is -0.309 e. The van der Waals surface area contributed by atoms with Crippen molar-refractivity contribution in [3.8, 4) is 0 Å². The third-order valence-corrected chi connectivity index (χ3v) is 3.57. The number of hydrogen-bond donors (Lipinski definition) is 1. The highest BCUT2D eigenvalue weighted by atomic mass is 79.9. The SMILES string of the molecule is CNC(c1cncc(F)c1)c1cc(Cl)ccc1Br. The molecule has 0 aliphatic rings. The van der Waals surface area contributed by atoms with Crippen LogP contribution in [0, 0.1) is 5.82 Å². The Morgan fingerprint density at radius 1 is 1.33 bits per heavy atom. The van der Waals surface area contributed by atoms with Gasteiger partial charge >= 0.3 is 0 Å². The molecule has 0 fully saturated rings. The highest BCUT2D eigenvalue weighted by Crippen LogP contribution is 2.30. The Labute approximate surface area is 118 Å². The molecule has 1 atom stereocenters. The number of benzene rings is 1. The average molecular weight is 330 g/mol. The summed E-state index contributed by atoms with van der Waals surface area (Å²) in [6, 6.07) is 6.81. The van der Waals surface area contributed by atoms with Crippen LogP contribution in [-0.4, -0.2) is 12.0 Å². The molecule has 0 radical (unpaired) electrons. The number of aromatic nitrogens is 1. The second-order valence-electron chi connectivity index (χ2n) is 3.82. The van der Waals surface area contributed by atoms with E-state index in [0.29, 0.717) is 5.02 Å². The van der Waals surface area contributed by atoms with Gasteiger partial charge in [0.05, 0.1) is 12.2 Å². The third kappa shape index (κ3) is 2.88. The average Bonchev–Trinajstić information content (AvgIpc) is 2.35. The predicted molar refractivity (Wildman–Crippen MR) is 74.2 cm³/mol. The lowest BCUT2D eigenvalue weighted by Crippen LogP contribution is -2.18. The lowest BCUT2D eigenvalue weighted by Gasteiger charge is -2.18. The molecule has 2 rings (SSSR count). The van der Waals surface area contributed by atoms with Crippen LogP contribution < -0.4 is 5.32 Å². The largest absolute Gasteiger partial charge is 0.309 e. The van der Waals surface area contributed by atoms with Gasteiger partial charge in [0.15, 0.2) is 0 Å². The van der Waals surface area contributed by atoms with Gasteiger partial charge in [-0.1, -0.05) is 27.5 Å². The molecule has 0 saturated heterocycles. The fourth-order valence-corrected chi connectivity index (χ4v) is 2.48. The van der Waals surface area contributed by atoms with Crippen molar-refractivity contribution in [2.24, 2.45) is 0 Å². The first-order chi connectivity index (χ1) is 8.61. The van der Waals surface area contributed by atoms with E-state index in [1.54, 1.807) is 12.3 Å². The summed E-state index contributed by atoms with van der Waals surface area (Å²) in [5.41, 5.74) is 1.69. The number of nitrogens with zero attached hydrogens (tertiary/aromatic N) is 1. The van der Waals surface area contributed by atoms with Gasteiger partial charge in [0, 0.05) is 15.7 Å². The molecule has 2 nitrogen and oxygen atoms in total. The van der Waals surface area contributed by atoms with E-state index < -0.39 is 0 Å². The molecule has 5 heteroatoms. The summed E-state index contributed by atoms with van der Waals surface area (Å²) in [4.78, 5) is 3.87. The molecular weight excluding hydrogens is 319 g/mol. The van der Waals surface area contributed by atoms with E-state index in [1.807, 2.05) is 19.2 Å². The van der Waals surface area contributed by atoms with Crippen LogP contribution in [0.3, 0.4) is 0 Å². The Hall–Kier alpha value is -0.970. The predicted octanol–water partition coefficient (Wildman–Crippen LogP) is 3.95. The van der Waals surface area contributed by atoms with Crippen LogP contribution in [0.5, 0.6) is 0 Å². The minimum atomic E-state index is -0.356. The van der Waals surface area contributed by atoms with Crippen molar-refractivity contribution in [1.82, 2.24) is 10.3 Å². The lowest BCUT2D eigenvalue weighted by molar-refractivity contribution is 0.608. The summed E-state index contributed by atoms with van der Waals surface area (Å²) in [5.74, 6) is -0.356. The third-order valence-electron chi connectivity index (χ3n) is 2.62. The number of rotatable bonds is 3. The smallest absolute Gasteiger partial charge is 0.141 e. The number of halogens is 3. The molecule has 1 heterocycles. The van der Waals surface area contributed by atoms with Crippen molar-refractivity contribution >= 4 is 27.5 Å². The van der Waals surface area contributed by atoms with Gasteiger partial charge in [-0.15, -0.1) is 0 Å². The zero-order valence-electron chi connectivity index (χ0n) is 9.62. The van der Waals surface area contributed by atoms with Crippen LogP contribution in [0.1, 0.15) is 17.2 Å². The van der Waals surface area contributed by atoms with E-state index in [0.717, 1.165) is 15.6 Å². The van der Waals surface area contributed by atoms with Gasteiger partial charge in [-0.3, -0.25) is 4.98 Å². The van der Waals surface area contributed by atoms with Crippen LogP contribution in [-0.2, 0) is 0 Å². The molecule has 0 amide bonds. The van der Waals surface area contributed by atoms with Crippen LogP contribution >= 0.6 is 27.5 Å². The summed E-state index contributed by atoms with van der Waals surface area (Å²) in [5, 5.41) is 3.77. The Morgan fingerprint density at radius 2 is 2.11 bits per heavy atom. The van der Waals surface area contributed by atoms with E-state index in [9.17, 15) is 4.39 Å². The molecule has 0 spiro atoms. The molecule has 0 aliphatic heterocycles. The normalized spacial score (nSPS) is 12.4. The van der Waals surface area contributed by atoms with Gasteiger partial charge in [-0.25, -0.2) is 4.39 Å². The standard InChI is InChI=1S/C13H11BrClFN2/c1-17-13(8-4-10(16)7-18-6-8)11-5-9(15)2-3-12(11)14/h2-7,13,17H,1H3. The highest BCUT2D eigenvalue weighted by Gasteiger charge is 2.16. The Bertz CT molecular complexity index is 562. The molecule has 2 aromatic rings. The molecular formula is C13H11BrClFN2. The molecule has 0 saturated carbocycles. The van der Waals surface area contributed by atoms with Crippen molar-refractivity contribution in [2.45, 2.75) is 6.04 Å². The summed E-state index contributed by atoms with van der Waals surface area (Å²) < 4.78 is 14.1. The maximum absolute atomic E-state index is 13.2. The fourth-order valence-electron chi connectivity index (χ4n) is 1.82. The maximum Gasteiger partial charge on any atom is 0.141 e. The van der Waals surface area contributed by atoms with Gasteiger partial charge in [-0.2, -0.15) is 0 Å². The Morgan fingerprint density at radius 3 is 2.78 bits per heavy atom. The Kier molecular flexibility index (Phi) is 4.32. The van der Waals surface area contributed by atoms with Crippen LogP contribution in [0.2, 0.25) is 5.02 Å². The van der Waals surface area contributed by atoms with Gasteiger partial charge in [0.25, 0.3) is 0 Å². The zero-order chi connectivity index (χ0) is 13.1. The van der Waals surface area contributed by atoms with Gasteiger partial charge in [0.1, 0.15) is 5.82 Å². The topological polar surface area (TPSA) is 24.9 Å². The molecule has 1 N–H and O–H groups in total. The first kappa shape index (κ1) is 13.5.